The number of nitrogens with zero attached hydrogens (tertiary/aromatic N) is 2. The van der Waals surface area contributed by atoms with E-state index in [1.165, 1.54) is 38.4 Å². The Labute approximate surface area is 144 Å². The highest BCUT2D eigenvalue weighted by molar-refractivity contribution is 5.92. The Kier molecular flexibility index (Phi) is 5.85. The molecule has 132 valence electrons. The number of amides is 1. The quantitative estimate of drug-likeness (QED) is 0.920. The predicted octanol–water partition coefficient (Wildman–Crippen LogP) is 3.02. The summed E-state index contributed by atoms with van der Waals surface area (Å²) < 4.78 is 13.5. The standard InChI is InChI=1S/C19H28FN3O/c1-15-5-6-16(13-18(15)20)21-19(24)14-22-11-7-17(8-12-22)23-9-3-2-4-10-23/h5-6,13,17H,2-4,7-12,14H2,1H3,(H,21,24). The molecule has 0 spiro atoms. The van der Waals surface area contributed by atoms with Gasteiger partial charge in [-0.3, -0.25) is 9.69 Å². The normalized spacial score (nSPS) is 20.9. The lowest BCUT2D eigenvalue weighted by molar-refractivity contribution is -0.117. The number of likely N-dealkylation sites (tertiary alicyclic amines) is 2. The number of carbonyl (C=O) groups excluding carboxylic acids is 1. The molecule has 2 fully saturated rings. The van der Waals surface area contributed by atoms with Crippen molar-refractivity contribution in [3.63, 3.8) is 0 Å². The second-order valence-corrected chi connectivity index (χ2v) is 7.12. The largest absolute Gasteiger partial charge is 0.325 e. The van der Waals surface area contributed by atoms with Gasteiger partial charge in [-0.25, -0.2) is 4.39 Å². The zero-order valence-corrected chi connectivity index (χ0v) is 14.6. The minimum absolute atomic E-state index is 0.0605. The molecule has 1 N–H and O–H groups in total. The van der Waals surface area contributed by atoms with E-state index in [9.17, 15) is 9.18 Å². The molecule has 4 nitrogen and oxygen atoms in total. The molecule has 0 aliphatic carbocycles. The Balaban J connectivity index is 1.43. The van der Waals surface area contributed by atoms with E-state index in [4.69, 9.17) is 0 Å². The van der Waals surface area contributed by atoms with Crippen molar-refractivity contribution in [3.05, 3.63) is 29.6 Å². The molecule has 0 aromatic heterocycles. The average Bonchev–Trinajstić information content (AvgIpc) is 2.59. The summed E-state index contributed by atoms with van der Waals surface area (Å²) in [6.07, 6.45) is 6.32. The zero-order valence-electron chi connectivity index (χ0n) is 14.6. The van der Waals surface area contributed by atoms with Crippen LogP contribution in [0.25, 0.3) is 0 Å². The van der Waals surface area contributed by atoms with Crippen molar-refractivity contribution in [1.82, 2.24) is 9.80 Å². The number of hydrogen-bond donors (Lipinski definition) is 1. The summed E-state index contributed by atoms with van der Waals surface area (Å²) in [4.78, 5) is 17.0. The Morgan fingerprint density at radius 2 is 1.88 bits per heavy atom. The van der Waals surface area contributed by atoms with Gasteiger partial charge in [0.25, 0.3) is 0 Å². The zero-order chi connectivity index (χ0) is 16.9. The number of anilines is 1. The van der Waals surface area contributed by atoms with E-state index in [-0.39, 0.29) is 11.7 Å². The van der Waals surface area contributed by atoms with E-state index in [1.54, 1.807) is 19.1 Å². The highest BCUT2D eigenvalue weighted by Crippen LogP contribution is 2.21. The average molecular weight is 333 g/mol. The van der Waals surface area contributed by atoms with Gasteiger partial charge in [-0.2, -0.15) is 0 Å². The highest BCUT2D eigenvalue weighted by atomic mass is 19.1. The molecule has 2 heterocycles. The number of carbonyl (C=O) groups is 1. The van der Waals surface area contributed by atoms with Gasteiger partial charge in [0, 0.05) is 24.8 Å². The van der Waals surface area contributed by atoms with E-state index >= 15 is 0 Å². The maximum Gasteiger partial charge on any atom is 0.238 e. The van der Waals surface area contributed by atoms with Crippen molar-refractivity contribution in [2.45, 2.75) is 45.1 Å². The van der Waals surface area contributed by atoms with Crippen LogP contribution in [0.5, 0.6) is 0 Å². The molecule has 0 saturated carbocycles. The van der Waals surface area contributed by atoms with E-state index in [2.05, 4.69) is 15.1 Å². The lowest BCUT2D eigenvalue weighted by atomic mass is 10.00. The third-order valence-corrected chi connectivity index (χ3v) is 5.29. The first-order valence-corrected chi connectivity index (χ1v) is 9.14. The van der Waals surface area contributed by atoms with Crippen LogP contribution in [-0.2, 0) is 4.79 Å². The summed E-state index contributed by atoms with van der Waals surface area (Å²) in [6, 6.07) is 5.51. The van der Waals surface area contributed by atoms with E-state index in [0.717, 1.165) is 25.9 Å². The van der Waals surface area contributed by atoms with Gasteiger partial charge in [0.1, 0.15) is 5.82 Å². The Morgan fingerprint density at radius 1 is 1.17 bits per heavy atom. The first-order chi connectivity index (χ1) is 11.6. The molecule has 2 saturated heterocycles. The molecule has 0 unspecified atom stereocenters. The first-order valence-electron chi connectivity index (χ1n) is 9.14. The molecule has 1 aromatic carbocycles. The van der Waals surface area contributed by atoms with E-state index in [1.807, 2.05) is 0 Å². The van der Waals surface area contributed by atoms with E-state index < -0.39 is 0 Å². The monoisotopic (exact) mass is 333 g/mol. The Bertz CT molecular complexity index is 564. The minimum atomic E-state index is -0.282. The summed E-state index contributed by atoms with van der Waals surface area (Å²) >= 11 is 0. The van der Waals surface area contributed by atoms with Gasteiger partial charge in [-0.05, 0) is 63.4 Å². The molecular formula is C19H28FN3O. The second kappa shape index (κ2) is 8.08. The molecule has 3 rings (SSSR count). The number of piperidine rings is 2. The van der Waals surface area contributed by atoms with Gasteiger partial charge in [-0.15, -0.1) is 0 Å². The van der Waals surface area contributed by atoms with Crippen LogP contribution in [0.1, 0.15) is 37.7 Å². The van der Waals surface area contributed by atoms with Crippen molar-refractivity contribution < 1.29 is 9.18 Å². The lowest BCUT2D eigenvalue weighted by Crippen LogP contribution is -2.48. The maximum absolute atomic E-state index is 13.5. The first kappa shape index (κ1) is 17.4. The third-order valence-electron chi connectivity index (χ3n) is 5.29. The molecule has 5 heteroatoms. The lowest BCUT2D eigenvalue weighted by Gasteiger charge is -2.40. The van der Waals surface area contributed by atoms with Gasteiger partial charge < -0.3 is 10.2 Å². The van der Waals surface area contributed by atoms with Crippen molar-refractivity contribution in [2.24, 2.45) is 0 Å². The van der Waals surface area contributed by atoms with Crippen molar-refractivity contribution >= 4 is 11.6 Å². The summed E-state index contributed by atoms with van der Waals surface area (Å²) in [7, 11) is 0. The molecule has 1 amide bonds. The molecule has 0 bridgehead atoms. The number of halogens is 1. The maximum atomic E-state index is 13.5. The van der Waals surface area contributed by atoms with Gasteiger partial charge in [0.2, 0.25) is 5.91 Å². The summed E-state index contributed by atoms with van der Waals surface area (Å²) in [5, 5.41) is 2.80. The Morgan fingerprint density at radius 3 is 2.54 bits per heavy atom. The molecule has 0 radical (unpaired) electrons. The van der Waals surface area contributed by atoms with Crippen LogP contribution in [0.15, 0.2) is 18.2 Å². The SMILES string of the molecule is Cc1ccc(NC(=O)CN2CCC(N3CCCCC3)CC2)cc1F. The van der Waals surface area contributed by atoms with Crippen molar-refractivity contribution in [1.29, 1.82) is 0 Å². The highest BCUT2D eigenvalue weighted by Gasteiger charge is 2.26. The summed E-state index contributed by atoms with van der Waals surface area (Å²) in [5.41, 5.74) is 1.12. The number of aryl methyl sites for hydroxylation is 1. The second-order valence-electron chi connectivity index (χ2n) is 7.12. The number of nitrogens with one attached hydrogen (secondary N) is 1. The van der Waals surface area contributed by atoms with Crippen molar-refractivity contribution in [2.75, 3.05) is 38.0 Å². The van der Waals surface area contributed by atoms with Crippen molar-refractivity contribution in [3.8, 4) is 0 Å². The fraction of sp³-hybridized carbons (Fsp3) is 0.632. The Hall–Kier alpha value is -1.46. The summed E-state index contributed by atoms with van der Waals surface area (Å²) in [5.74, 6) is -0.343. The fourth-order valence-corrected chi connectivity index (χ4v) is 3.80. The van der Waals surface area contributed by atoms with Gasteiger partial charge >= 0.3 is 0 Å². The molecule has 1 aromatic rings. The van der Waals surface area contributed by atoms with Crippen LogP contribution in [-0.4, -0.2) is 54.5 Å². The van der Waals surface area contributed by atoms with Crippen LogP contribution in [0.2, 0.25) is 0 Å². The number of benzene rings is 1. The molecule has 24 heavy (non-hydrogen) atoms. The molecule has 2 aliphatic heterocycles. The smallest absolute Gasteiger partial charge is 0.238 e. The fourth-order valence-electron chi connectivity index (χ4n) is 3.80. The number of rotatable bonds is 4. The van der Waals surface area contributed by atoms with Crippen LogP contribution in [0, 0.1) is 12.7 Å². The third kappa shape index (κ3) is 4.54. The number of hydrogen-bond acceptors (Lipinski definition) is 3. The summed E-state index contributed by atoms with van der Waals surface area (Å²) in [6.45, 7) is 6.53. The molecule has 0 atom stereocenters. The van der Waals surface area contributed by atoms with Crippen LogP contribution >= 0.6 is 0 Å². The molecule has 2 aliphatic rings. The van der Waals surface area contributed by atoms with Gasteiger partial charge in [-0.1, -0.05) is 12.5 Å². The van der Waals surface area contributed by atoms with E-state index in [0.29, 0.717) is 23.8 Å². The predicted molar refractivity (Wildman–Crippen MR) is 94.7 cm³/mol. The van der Waals surface area contributed by atoms with Crippen LogP contribution in [0.3, 0.4) is 0 Å². The molecular weight excluding hydrogens is 305 g/mol. The van der Waals surface area contributed by atoms with Crippen LogP contribution in [0.4, 0.5) is 10.1 Å². The van der Waals surface area contributed by atoms with Gasteiger partial charge in [0.05, 0.1) is 6.54 Å². The van der Waals surface area contributed by atoms with Crippen LogP contribution < -0.4 is 5.32 Å². The topological polar surface area (TPSA) is 35.6 Å². The van der Waals surface area contributed by atoms with Gasteiger partial charge in [0.15, 0.2) is 0 Å². The minimum Gasteiger partial charge on any atom is -0.325 e.